The van der Waals surface area contributed by atoms with Crippen LogP contribution in [0.15, 0.2) is 108 Å². The van der Waals surface area contributed by atoms with Crippen LogP contribution in [0.2, 0.25) is 0 Å². The maximum absolute atomic E-state index is 12.5. The Morgan fingerprint density at radius 3 is 1.80 bits per heavy atom. The second-order valence-electron chi connectivity index (χ2n) is 14.0. The Kier molecular flexibility index (Phi) is 10.4. The van der Waals surface area contributed by atoms with Crippen molar-refractivity contribution in [1.29, 1.82) is 0 Å². The summed E-state index contributed by atoms with van der Waals surface area (Å²) in [5.41, 5.74) is 6.26. The number of anilines is 2. The number of aromatic nitrogens is 2. The van der Waals surface area contributed by atoms with Gasteiger partial charge in [-0.1, -0.05) is 50.2 Å². The van der Waals surface area contributed by atoms with E-state index in [1.165, 1.54) is 11.1 Å². The van der Waals surface area contributed by atoms with Crippen molar-refractivity contribution in [3.63, 3.8) is 0 Å². The van der Waals surface area contributed by atoms with E-state index in [0.29, 0.717) is 13.1 Å². The van der Waals surface area contributed by atoms with E-state index in [4.69, 9.17) is 5.10 Å². The summed E-state index contributed by atoms with van der Waals surface area (Å²) in [6.45, 7) is 10.5. The Balaban J connectivity index is 0.931. The van der Waals surface area contributed by atoms with Gasteiger partial charge in [0.25, 0.3) is 20.2 Å². The lowest BCUT2D eigenvalue weighted by Crippen LogP contribution is -2.48. The van der Waals surface area contributed by atoms with Crippen LogP contribution in [0.1, 0.15) is 62.8 Å². The van der Waals surface area contributed by atoms with Crippen molar-refractivity contribution in [3.8, 4) is 0 Å². The Hall–Kier alpha value is -4.46. The molecule has 0 bridgehead atoms. The fraction of sp³-hybridized carbons (Fsp3) is 0.368. The van der Waals surface area contributed by atoms with Gasteiger partial charge < -0.3 is 0 Å². The summed E-state index contributed by atoms with van der Waals surface area (Å²) in [5.74, 6) is -0.825. The van der Waals surface area contributed by atoms with Crippen LogP contribution in [0, 0.1) is 0 Å². The monoisotopic (exact) mass is 730 g/mol. The minimum atomic E-state index is -4.27. The normalized spacial score (nSPS) is 16.6. The molecule has 0 fully saturated rings. The van der Waals surface area contributed by atoms with E-state index in [9.17, 15) is 16.8 Å². The van der Waals surface area contributed by atoms with E-state index in [2.05, 4.69) is 71.8 Å². The van der Waals surface area contributed by atoms with Gasteiger partial charge in [0.2, 0.25) is 0 Å². The van der Waals surface area contributed by atoms with Crippen LogP contribution in [0.25, 0.3) is 0 Å². The molecule has 51 heavy (non-hydrogen) atoms. The fourth-order valence-corrected chi connectivity index (χ4v) is 9.25. The molecule has 0 N–H and O–H groups in total. The molecule has 0 radical (unpaired) electrons. The molecular formula is C38H46N6O5S2+2. The highest BCUT2D eigenvalue weighted by Gasteiger charge is 2.51. The highest BCUT2D eigenvalue weighted by Crippen LogP contribution is 2.51. The van der Waals surface area contributed by atoms with E-state index in [-0.39, 0.29) is 23.8 Å². The molecule has 2 aliphatic rings. The van der Waals surface area contributed by atoms with Crippen LogP contribution in [0.5, 0.6) is 0 Å². The van der Waals surface area contributed by atoms with E-state index in [1.54, 1.807) is 6.21 Å². The number of hydrogen-bond donors (Lipinski definition) is 0. The Bertz CT molecular complexity index is 2130. The largest absolute Gasteiger partial charge is 0.282 e. The second kappa shape index (κ2) is 14.6. The molecule has 0 atom stereocenters. The predicted octanol–water partition coefficient (Wildman–Crippen LogP) is 4.73. The van der Waals surface area contributed by atoms with Crippen molar-refractivity contribution in [2.45, 2.75) is 71.0 Å². The third-order valence-corrected chi connectivity index (χ3v) is 13.3. The first-order valence-corrected chi connectivity index (χ1v) is 20.4. The van der Waals surface area contributed by atoms with E-state index in [1.807, 2.05) is 87.6 Å². The summed E-state index contributed by atoms with van der Waals surface area (Å²) in [6, 6.07) is 24.2. The SMILES string of the molecule is CC1(C)c2ccccc2N(N=Cc2cc[n+](CCCS(=O)(=O)OS(=O)(=O)CCC[n+]3ccc(C=NN4CCc5ccccc54)cc3)cc2)C1(C)C. The molecule has 0 spiro atoms. The molecule has 0 aliphatic carbocycles. The van der Waals surface area contributed by atoms with Crippen LogP contribution in [0.4, 0.5) is 11.4 Å². The van der Waals surface area contributed by atoms with Gasteiger partial charge in [-0.15, -0.1) is 3.63 Å². The number of rotatable bonds is 14. The maximum atomic E-state index is 12.5. The zero-order valence-corrected chi connectivity index (χ0v) is 31.2. The van der Waals surface area contributed by atoms with Gasteiger partial charge >= 0.3 is 0 Å². The van der Waals surface area contributed by atoms with Gasteiger partial charge in [0.15, 0.2) is 24.8 Å². The molecule has 0 saturated heterocycles. The minimum absolute atomic E-state index is 0.0888. The molecule has 0 amide bonds. The number of hydrogen-bond acceptors (Lipinski definition) is 9. The molecular weight excluding hydrogens is 685 g/mol. The third kappa shape index (κ3) is 8.37. The number of benzene rings is 2. The number of pyridine rings is 2. The summed E-state index contributed by atoms with van der Waals surface area (Å²) < 4.78 is 58.4. The number of aryl methyl sites for hydroxylation is 2. The lowest BCUT2D eigenvalue weighted by Gasteiger charge is -2.39. The number of nitrogens with zero attached hydrogens (tertiary/aromatic N) is 6. The van der Waals surface area contributed by atoms with Gasteiger partial charge in [-0.05, 0) is 43.5 Å². The molecule has 2 aromatic heterocycles. The number of hydrazone groups is 2. The summed E-state index contributed by atoms with van der Waals surface area (Å²) in [6.07, 6.45) is 12.4. The van der Waals surface area contributed by atoms with Crippen molar-refractivity contribution in [1.82, 2.24) is 0 Å². The molecule has 6 rings (SSSR count). The molecule has 4 aromatic rings. The van der Waals surface area contributed by atoms with Crippen molar-refractivity contribution in [2.24, 2.45) is 10.2 Å². The standard InChI is InChI=1S/C38H46N6O5S2/c1-37(2)34-12-6-8-14-36(34)44(38(37,3)4)40-30-32-17-24-42(25-18-32)21-10-28-51(47,48)49-50(45,46)27-9-20-41-22-15-31(16-23-41)29-39-43-26-19-33-11-5-7-13-35(33)43/h5-8,11-18,22-25,29-30H,9-10,19-21,26-28H2,1-4H3/q+2. The molecule has 268 valence electrons. The summed E-state index contributed by atoms with van der Waals surface area (Å²) in [4.78, 5) is 0. The number of para-hydroxylation sites is 2. The Morgan fingerprint density at radius 2 is 1.22 bits per heavy atom. The molecule has 11 nitrogen and oxygen atoms in total. The Morgan fingerprint density at radius 1 is 0.706 bits per heavy atom. The molecule has 13 heteroatoms. The van der Waals surface area contributed by atoms with Crippen LogP contribution in [-0.4, -0.2) is 52.9 Å². The van der Waals surface area contributed by atoms with Crippen molar-refractivity contribution in [2.75, 3.05) is 28.1 Å². The van der Waals surface area contributed by atoms with Crippen LogP contribution >= 0.6 is 0 Å². The number of fused-ring (bicyclic) bond motifs is 2. The van der Waals surface area contributed by atoms with Crippen LogP contribution < -0.4 is 19.2 Å². The van der Waals surface area contributed by atoms with E-state index < -0.39 is 31.7 Å². The van der Waals surface area contributed by atoms with E-state index >= 15 is 0 Å². The first kappa shape index (κ1) is 36.3. The highest BCUT2D eigenvalue weighted by atomic mass is 32.3. The van der Waals surface area contributed by atoms with Gasteiger partial charge in [0.05, 0.1) is 40.8 Å². The first-order valence-electron chi connectivity index (χ1n) is 17.2. The van der Waals surface area contributed by atoms with Gasteiger partial charge in [0, 0.05) is 60.2 Å². The highest BCUT2D eigenvalue weighted by molar-refractivity contribution is 7.99. The van der Waals surface area contributed by atoms with E-state index in [0.717, 1.165) is 35.5 Å². The van der Waals surface area contributed by atoms with Gasteiger partial charge in [-0.25, -0.2) is 9.13 Å². The van der Waals surface area contributed by atoms with Gasteiger partial charge in [-0.3, -0.25) is 10.0 Å². The topological polar surface area (TPSA) is 116 Å². The fourth-order valence-electron chi connectivity index (χ4n) is 6.47. The molecule has 2 aromatic carbocycles. The van der Waals surface area contributed by atoms with Crippen LogP contribution in [0.3, 0.4) is 0 Å². The lowest BCUT2D eigenvalue weighted by molar-refractivity contribution is -0.697. The lowest BCUT2D eigenvalue weighted by atomic mass is 9.73. The van der Waals surface area contributed by atoms with Crippen LogP contribution in [-0.2, 0) is 48.8 Å². The maximum Gasteiger partial charge on any atom is 0.282 e. The average molecular weight is 731 g/mol. The minimum Gasteiger partial charge on any atom is -0.265 e. The summed E-state index contributed by atoms with van der Waals surface area (Å²) in [5, 5.41) is 13.5. The summed E-state index contributed by atoms with van der Waals surface area (Å²) >= 11 is 0. The quantitative estimate of drug-likeness (QED) is 0.136. The molecule has 4 heterocycles. The second-order valence-corrected chi connectivity index (χ2v) is 17.6. The zero-order chi connectivity index (χ0) is 36.3. The van der Waals surface area contributed by atoms with Crippen molar-refractivity contribution < 1.29 is 29.6 Å². The van der Waals surface area contributed by atoms with Crippen molar-refractivity contribution >= 4 is 44.0 Å². The molecule has 2 aliphatic heterocycles. The average Bonchev–Trinajstić information content (AvgIpc) is 3.57. The van der Waals surface area contributed by atoms with Gasteiger partial charge in [-0.2, -0.15) is 27.0 Å². The predicted molar refractivity (Wildman–Crippen MR) is 200 cm³/mol. The third-order valence-electron chi connectivity index (χ3n) is 10.1. The molecule has 0 unspecified atom stereocenters. The van der Waals surface area contributed by atoms with Gasteiger partial charge in [0.1, 0.15) is 13.1 Å². The first-order chi connectivity index (χ1) is 24.2. The molecule has 0 saturated carbocycles. The smallest absolute Gasteiger partial charge is 0.265 e. The summed E-state index contributed by atoms with van der Waals surface area (Å²) in [7, 11) is -8.53. The Labute approximate surface area is 301 Å². The van der Waals surface area contributed by atoms with Crippen molar-refractivity contribution in [3.05, 3.63) is 120 Å². The zero-order valence-electron chi connectivity index (χ0n) is 29.6.